The Morgan fingerprint density at radius 2 is 2.29 bits per heavy atom. The van der Waals surface area contributed by atoms with Gasteiger partial charge in [0.2, 0.25) is 0 Å². The molecule has 2 rings (SSSR count). The number of nitrogens with one attached hydrogen (secondary N) is 1. The fourth-order valence-corrected chi connectivity index (χ4v) is 1.60. The summed E-state index contributed by atoms with van der Waals surface area (Å²) in [4.78, 5) is 0. The van der Waals surface area contributed by atoms with Gasteiger partial charge in [0.05, 0.1) is 0 Å². The van der Waals surface area contributed by atoms with Crippen LogP contribution in [0.15, 0.2) is 30.4 Å². The predicted molar refractivity (Wildman–Crippen MR) is 66.6 cm³/mol. The third kappa shape index (κ3) is 3.86. The minimum absolute atomic E-state index is 0.212. The number of benzene rings is 1. The Balaban J connectivity index is 2.00. The first-order valence-corrected chi connectivity index (χ1v) is 6.05. The monoisotopic (exact) mass is 235 g/mol. The number of allylic oxidation sites excluding steroid dienone is 1. The Hall–Kier alpha value is -1.35. The second kappa shape index (κ2) is 5.82. The number of halogens is 1. The first-order valence-electron chi connectivity index (χ1n) is 6.05. The Morgan fingerprint density at radius 3 is 3.00 bits per heavy atom. The molecular formula is C14H18FNO. The molecule has 1 aromatic carbocycles. The van der Waals surface area contributed by atoms with Crippen LogP contribution in [-0.4, -0.2) is 12.6 Å². The molecule has 0 aromatic heterocycles. The van der Waals surface area contributed by atoms with Crippen LogP contribution in [0.3, 0.4) is 0 Å². The summed E-state index contributed by atoms with van der Waals surface area (Å²) < 4.78 is 18.8. The number of ether oxygens (including phenoxy) is 1. The van der Waals surface area contributed by atoms with E-state index in [0.29, 0.717) is 19.2 Å². The van der Waals surface area contributed by atoms with E-state index in [1.165, 1.54) is 18.9 Å². The van der Waals surface area contributed by atoms with Crippen molar-refractivity contribution < 1.29 is 9.13 Å². The molecule has 0 heterocycles. The minimum atomic E-state index is -0.212. The van der Waals surface area contributed by atoms with Crippen LogP contribution in [0.25, 0.3) is 0 Å². The highest BCUT2D eigenvalue weighted by atomic mass is 19.1. The molecule has 0 atom stereocenters. The van der Waals surface area contributed by atoms with Gasteiger partial charge < -0.3 is 10.1 Å². The Morgan fingerprint density at radius 1 is 1.47 bits per heavy atom. The lowest BCUT2D eigenvalue weighted by molar-refractivity contribution is 0.356. The Labute approximate surface area is 101 Å². The van der Waals surface area contributed by atoms with Crippen molar-refractivity contribution in [1.82, 2.24) is 5.32 Å². The molecule has 3 heteroatoms. The van der Waals surface area contributed by atoms with Crippen molar-refractivity contribution in [2.45, 2.75) is 32.4 Å². The molecule has 0 radical (unpaired) electrons. The summed E-state index contributed by atoms with van der Waals surface area (Å²) in [5.41, 5.74) is 0.890. The highest BCUT2D eigenvalue weighted by molar-refractivity contribution is 5.34. The molecular weight excluding hydrogens is 217 g/mol. The molecule has 1 aliphatic carbocycles. The van der Waals surface area contributed by atoms with E-state index in [-0.39, 0.29) is 5.82 Å². The van der Waals surface area contributed by atoms with Crippen LogP contribution in [0.2, 0.25) is 0 Å². The molecule has 0 aliphatic heterocycles. The zero-order valence-electron chi connectivity index (χ0n) is 10.1. The molecule has 0 unspecified atom stereocenters. The van der Waals surface area contributed by atoms with Gasteiger partial charge >= 0.3 is 0 Å². The van der Waals surface area contributed by atoms with E-state index in [1.54, 1.807) is 12.1 Å². The van der Waals surface area contributed by atoms with E-state index < -0.39 is 0 Å². The summed E-state index contributed by atoms with van der Waals surface area (Å²) in [5.74, 6) is 0.550. The van der Waals surface area contributed by atoms with E-state index >= 15 is 0 Å². The number of rotatable bonds is 6. The lowest BCUT2D eigenvalue weighted by Crippen LogP contribution is -2.16. The zero-order valence-corrected chi connectivity index (χ0v) is 10.1. The third-order valence-corrected chi connectivity index (χ3v) is 2.75. The lowest BCUT2D eigenvalue weighted by Gasteiger charge is -2.11. The molecule has 0 spiro atoms. The van der Waals surface area contributed by atoms with Crippen molar-refractivity contribution in [3.63, 3.8) is 0 Å². The summed E-state index contributed by atoms with van der Waals surface area (Å²) in [7, 11) is 0. The van der Waals surface area contributed by atoms with Crippen LogP contribution >= 0.6 is 0 Å². The maximum atomic E-state index is 13.2. The first-order chi connectivity index (χ1) is 8.29. The minimum Gasteiger partial charge on any atom is -0.489 e. The Bertz CT molecular complexity index is 399. The van der Waals surface area contributed by atoms with Crippen molar-refractivity contribution >= 4 is 0 Å². The third-order valence-electron chi connectivity index (χ3n) is 2.75. The largest absolute Gasteiger partial charge is 0.489 e. The van der Waals surface area contributed by atoms with Crippen molar-refractivity contribution in [3.8, 4) is 5.75 Å². The summed E-state index contributed by atoms with van der Waals surface area (Å²) in [6, 6.07) is 5.29. The van der Waals surface area contributed by atoms with Gasteiger partial charge in [0.25, 0.3) is 0 Å². The van der Waals surface area contributed by atoms with E-state index in [4.69, 9.17) is 4.74 Å². The van der Waals surface area contributed by atoms with Gasteiger partial charge in [-0.15, -0.1) is 0 Å². The summed E-state index contributed by atoms with van der Waals surface area (Å²) in [6.45, 7) is 3.15. The normalized spacial score (nSPS) is 15.4. The van der Waals surface area contributed by atoms with Crippen LogP contribution in [0.5, 0.6) is 5.75 Å². The topological polar surface area (TPSA) is 21.3 Å². The van der Waals surface area contributed by atoms with Gasteiger partial charge in [-0.25, -0.2) is 4.39 Å². The molecule has 1 fully saturated rings. The highest BCUT2D eigenvalue weighted by Crippen LogP contribution is 2.23. The summed E-state index contributed by atoms with van der Waals surface area (Å²) in [6.07, 6.45) is 6.32. The van der Waals surface area contributed by atoms with Crippen LogP contribution in [-0.2, 0) is 6.54 Å². The SMILES string of the molecule is C/C=C/COc1ccc(F)cc1CNC1CC1. The first kappa shape index (κ1) is 12.1. The standard InChI is InChI=1S/C14H18FNO/c1-2-3-8-17-14-7-4-12(15)9-11(14)10-16-13-5-6-13/h2-4,7,9,13,16H,5-6,8,10H2,1H3/b3-2+. The van der Waals surface area contributed by atoms with Crippen LogP contribution in [0, 0.1) is 5.82 Å². The van der Waals surface area contributed by atoms with Crippen LogP contribution < -0.4 is 10.1 Å². The smallest absolute Gasteiger partial charge is 0.124 e. The molecule has 17 heavy (non-hydrogen) atoms. The van der Waals surface area contributed by atoms with E-state index in [0.717, 1.165) is 11.3 Å². The molecule has 1 N–H and O–H groups in total. The predicted octanol–water partition coefficient (Wildman–Crippen LogP) is 3.03. The van der Waals surface area contributed by atoms with Crippen molar-refractivity contribution in [2.75, 3.05) is 6.61 Å². The van der Waals surface area contributed by atoms with Gasteiger partial charge in [-0.1, -0.05) is 12.2 Å². The molecule has 0 amide bonds. The highest BCUT2D eigenvalue weighted by Gasteiger charge is 2.20. The van der Waals surface area contributed by atoms with Gasteiger partial charge in [0, 0.05) is 18.2 Å². The zero-order chi connectivity index (χ0) is 12.1. The average Bonchev–Trinajstić information content (AvgIpc) is 3.13. The van der Waals surface area contributed by atoms with Gasteiger partial charge in [-0.3, -0.25) is 0 Å². The lowest BCUT2D eigenvalue weighted by atomic mass is 10.2. The fraction of sp³-hybridized carbons (Fsp3) is 0.429. The van der Waals surface area contributed by atoms with E-state index in [1.807, 2.05) is 19.1 Å². The fourth-order valence-electron chi connectivity index (χ4n) is 1.60. The van der Waals surface area contributed by atoms with Crippen molar-refractivity contribution in [3.05, 3.63) is 41.7 Å². The second-order valence-corrected chi connectivity index (χ2v) is 4.29. The van der Waals surface area contributed by atoms with E-state index in [2.05, 4.69) is 5.32 Å². The molecule has 0 saturated heterocycles. The molecule has 1 aliphatic rings. The summed E-state index contributed by atoms with van der Waals surface area (Å²) >= 11 is 0. The molecule has 0 bridgehead atoms. The summed E-state index contributed by atoms with van der Waals surface area (Å²) in [5, 5.41) is 3.37. The number of hydrogen-bond donors (Lipinski definition) is 1. The Kier molecular flexibility index (Phi) is 4.15. The second-order valence-electron chi connectivity index (χ2n) is 4.29. The van der Waals surface area contributed by atoms with Gasteiger partial charge in [0.1, 0.15) is 18.2 Å². The number of hydrogen-bond acceptors (Lipinski definition) is 2. The van der Waals surface area contributed by atoms with Gasteiger partial charge in [-0.05, 0) is 38.0 Å². The van der Waals surface area contributed by atoms with Gasteiger partial charge in [-0.2, -0.15) is 0 Å². The van der Waals surface area contributed by atoms with Crippen LogP contribution in [0.1, 0.15) is 25.3 Å². The molecule has 1 saturated carbocycles. The molecule has 2 nitrogen and oxygen atoms in total. The van der Waals surface area contributed by atoms with Crippen LogP contribution in [0.4, 0.5) is 4.39 Å². The van der Waals surface area contributed by atoms with E-state index in [9.17, 15) is 4.39 Å². The average molecular weight is 235 g/mol. The molecule has 1 aromatic rings. The van der Waals surface area contributed by atoms with Crippen molar-refractivity contribution in [2.24, 2.45) is 0 Å². The maximum Gasteiger partial charge on any atom is 0.124 e. The maximum absolute atomic E-state index is 13.2. The van der Waals surface area contributed by atoms with Crippen molar-refractivity contribution in [1.29, 1.82) is 0 Å². The quantitative estimate of drug-likeness (QED) is 0.765. The molecule has 92 valence electrons. The van der Waals surface area contributed by atoms with Gasteiger partial charge in [0.15, 0.2) is 0 Å².